The molecule has 1 amide bonds. The van der Waals surface area contributed by atoms with Crippen molar-refractivity contribution in [1.82, 2.24) is 5.32 Å². The summed E-state index contributed by atoms with van der Waals surface area (Å²) >= 11 is 9.21. The van der Waals surface area contributed by atoms with E-state index in [9.17, 15) is 9.18 Å². The molecule has 0 heterocycles. The normalized spacial score (nSPS) is 10.0. The second-order valence-electron chi connectivity index (χ2n) is 4.22. The molecule has 2 aromatic rings. The Labute approximate surface area is 134 Å². The van der Waals surface area contributed by atoms with Gasteiger partial charge in [0.25, 0.3) is 5.91 Å². The maximum absolute atomic E-state index is 13.7. The van der Waals surface area contributed by atoms with Crippen LogP contribution in [0.25, 0.3) is 0 Å². The average Bonchev–Trinajstić information content (AvgIpc) is 2.48. The van der Waals surface area contributed by atoms with Gasteiger partial charge in [-0.15, -0.1) is 0 Å². The van der Waals surface area contributed by atoms with Gasteiger partial charge in [0.1, 0.15) is 5.82 Å². The maximum atomic E-state index is 13.7. The summed E-state index contributed by atoms with van der Waals surface area (Å²) in [5, 5.41) is 11.6. The van der Waals surface area contributed by atoms with Gasteiger partial charge < -0.3 is 5.32 Å². The molecule has 21 heavy (non-hydrogen) atoms. The molecule has 0 fully saturated rings. The summed E-state index contributed by atoms with van der Waals surface area (Å²) in [4.78, 5) is 12.0. The Balaban J connectivity index is 2.11. The molecule has 0 aromatic heterocycles. The number of hydrogen-bond acceptors (Lipinski definition) is 2. The van der Waals surface area contributed by atoms with Crippen LogP contribution in [0.5, 0.6) is 0 Å². The summed E-state index contributed by atoms with van der Waals surface area (Å²) < 4.78 is 14.4. The van der Waals surface area contributed by atoms with Crippen LogP contribution >= 0.6 is 27.5 Å². The van der Waals surface area contributed by atoms with Crippen molar-refractivity contribution < 1.29 is 9.18 Å². The van der Waals surface area contributed by atoms with E-state index < -0.39 is 11.7 Å². The molecule has 0 saturated carbocycles. The van der Waals surface area contributed by atoms with E-state index in [0.29, 0.717) is 16.1 Å². The van der Waals surface area contributed by atoms with Crippen molar-refractivity contribution in [3.05, 3.63) is 68.4 Å². The van der Waals surface area contributed by atoms with E-state index in [-0.39, 0.29) is 12.1 Å². The van der Waals surface area contributed by atoms with Crippen molar-refractivity contribution in [2.45, 2.75) is 6.54 Å². The molecule has 0 radical (unpaired) electrons. The number of benzene rings is 2. The number of nitrogens with zero attached hydrogens (tertiary/aromatic N) is 1. The van der Waals surface area contributed by atoms with E-state index in [4.69, 9.17) is 16.9 Å². The Morgan fingerprint density at radius 2 is 2.10 bits per heavy atom. The van der Waals surface area contributed by atoms with E-state index >= 15 is 0 Å². The van der Waals surface area contributed by atoms with Crippen molar-refractivity contribution in [1.29, 1.82) is 5.26 Å². The van der Waals surface area contributed by atoms with E-state index in [1.165, 1.54) is 12.1 Å². The highest BCUT2D eigenvalue weighted by Crippen LogP contribution is 2.21. The first-order valence-electron chi connectivity index (χ1n) is 5.93. The van der Waals surface area contributed by atoms with Gasteiger partial charge in [-0.3, -0.25) is 4.79 Å². The Kier molecular flexibility index (Phi) is 4.94. The number of amides is 1. The first-order valence-corrected chi connectivity index (χ1v) is 7.10. The van der Waals surface area contributed by atoms with Gasteiger partial charge in [-0.2, -0.15) is 5.26 Å². The minimum absolute atomic E-state index is 0.0131. The van der Waals surface area contributed by atoms with E-state index in [1.807, 2.05) is 6.07 Å². The Bertz CT molecular complexity index is 743. The van der Waals surface area contributed by atoms with Gasteiger partial charge in [0.15, 0.2) is 0 Å². The van der Waals surface area contributed by atoms with Crippen LogP contribution in [-0.2, 0) is 6.54 Å². The standard InChI is InChI=1S/C15H9BrClFN2O/c16-11-3-4-13(17)12(6-11)15(21)20-8-10-2-1-9(7-19)5-14(10)18/h1-6H,8H2,(H,20,21). The molecule has 2 rings (SSSR count). The minimum Gasteiger partial charge on any atom is -0.348 e. The molecule has 0 aliphatic rings. The van der Waals surface area contributed by atoms with Crippen molar-refractivity contribution in [2.24, 2.45) is 0 Å². The SMILES string of the molecule is N#Cc1ccc(CNC(=O)c2cc(Br)ccc2Cl)c(F)c1. The van der Waals surface area contributed by atoms with E-state index in [1.54, 1.807) is 18.2 Å². The molecule has 0 bridgehead atoms. The van der Waals surface area contributed by atoms with Crippen molar-refractivity contribution >= 4 is 33.4 Å². The van der Waals surface area contributed by atoms with Gasteiger partial charge in [0.2, 0.25) is 0 Å². The first-order chi connectivity index (χ1) is 10.0. The lowest BCUT2D eigenvalue weighted by atomic mass is 10.1. The van der Waals surface area contributed by atoms with E-state index in [0.717, 1.165) is 10.5 Å². The molecule has 0 unspecified atom stereocenters. The lowest BCUT2D eigenvalue weighted by Gasteiger charge is -2.08. The average molecular weight is 368 g/mol. The lowest BCUT2D eigenvalue weighted by molar-refractivity contribution is 0.0950. The summed E-state index contributed by atoms with van der Waals surface area (Å²) in [5.41, 5.74) is 0.839. The third-order valence-corrected chi connectivity index (χ3v) is 3.62. The van der Waals surface area contributed by atoms with Gasteiger partial charge >= 0.3 is 0 Å². The van der Waals surface area contributed by atoms with Crippen molar-refractivity contribution in [2.75, 3.05) is 0 Å². The van der Waals surface area contributed by atoms with Gasteiger partial charge in [0, 0.05) is 16.6 Å². The highest BCUT2D eigenvalue weighted by atomic mass is 79.9. The number of carbonyl (C=O) groups excluding carboxylic acids is 1. The maximum Gasteiger partial charge on any atom is 0.253 e. The molecule has 0 saturated heterocycles. The zero-order valence-electron chi connectivity index (χ0n) is 10.7. The second-order valence-corrected chi connectivity index (χ2v) is 5.55. The van der Waals surface area contributed by atoms with Crippen LogP contribution in [-0.4, -0.2) is 5.91 Å². The predicted molar refractivity (Wildman–Crippen MR) is 81.4 cm³/mol. The summed E-state index contributed by atoms with van der Waals surface area (Å²) in [7, 11) is 0. The summed E-state index contributed by atoms with van der Waals surface area (Å²) in [6, 6.07) is 10.9. The fourth-order valence-corrected chi connectivity index (χ4v) is 2.27. The third kappa shape index (κ3) is 3.81. The quantitative estimate of drug-likeness (QED) is 0.890. The minimum atomic E-state index is -0.533. The number of rotatable bonds is 3. The fraction of sp³-hybridized carbons (Fsp3) is 0.0667. The Hall–Kier alpha value is -1.90. The Morgan fingerprint density at radius 3 is 2.76 bits per heavy atom. The number of nitriles is 1. The van der Waals surface area contributed by atoms with Crippen LogP contribution in [0.15, 0.2) is 40.9 Å². The molecule has 3 nitrogen and oxygen atoms in total. The molecule has 0 atom stereocenters. The first kappa shape index (κ1) is 15.5. The summed E-state index contributed by atoms with van der Waals surface area (Å²) in [6.45, 7) is 0.0131. The molecule has 1 N–H and O–H groups in total. The van der Waals surface area contributed by atoms with Crippen LogP contribution < -0.4 is 5.32 Å². The van der Waals surface area contributed by atoms with Crippen LogP contribution in [0.2, 0.25) is 5.02 Å². The smallest absolute Gasteiger partial charge is 0.253 e. The third-order valence-electron chi connectivity index (χ3n) is 2.79. The molecule has 2 aromatic carbocycles. The molecular formula is C15H9BrClFN2O. The van der Waals surface area contributed by atoms with Gasteiger partial charge in [-0.05, 0) is 30.3 Å². The number of halogens is 3. The molecule has 0 spiro atoms. The topological polar surface area (TPSA) is 52.9 Å². The molecule has 106 valence electrons. The van der Waals surface area contributed by atoms with Crippen LogP contribution in [0.3, 0.4) is 0 Å². The lowest BCUT2D eigenvalue weighted by Crippen LogP contribution is -2.23. The zero-order chi connectivity index (χ0) is 15.4. The monoisotopic (exact) mass is 366 g/mol. The highest BCUT2D eigenvalue weighted by Gasteiger charge is 2.12. The van der Waals surface area contributed by atoms with Crippen LogP contribution in [0.1, 0.15) is 21.5 Å². The largest absolute Gasteiger partial charge is 0.348 e. The van der Waals surface area contributed by atoms with Crippen molar-refractivity contribution in [3.63, 3.8) is 0 Å². The number of hydrogen-bond donors (Lipinski definition) is 1. The number of carbonyl (C=O) groups is 1. The van der Waals surface area contributed by atoms with Gasteiger partial charge in [-0.25, -0.2) is 4.39 Å². The Morgan fingerprint density at radius 1 is 1.33 bits per heavy atom. The highest BCUT2D eigenvalue weighted by molar-refractivity contribution is 9.10. The molecular weight excluding hydrogens is 359 g/mol. The summed E-state index contributed by atoms with van der Waals surface area (Å²) in [5.74, 6) is -0.931. The second kappa shape index (κ2) is 6.70. The van der Waals surface area contributed by atoms with E-state index in [2.05, 4.69) is 21.2 Å². The molecule has 6 heteroatoms. The van der Waals surface area contributed by atoms with Crippen molar-refractivity contribution in [3.8, 4) is 6.07 Å². The van der Waals surface area contributed by atoms with Crippen LogP contribution in [0.4, 0.5) is 4.39 Å². The van der Waals surface area contributed by atoms with Gasteiger partial charge in [0.05, 0.1) is 22.2 Å². The molecule has 0 aliphatic heterocycles. The number of nitrogens with one attached hydrogen (secondary N) is 1. The van der Waals surface area contributed by atoms with Gasteiger partial charge in [-0.1, -0.05) is 33.6 Å². The summed E-state index contributed by atoms with van der Waals surface area (Å²) in [6.07, 6.45) is 0. The fourth-order valence-electron chi connectivity index (χ4n) is 1.70. The molecule has 0 aliphatic carbocycles. The predicted octanol–water partition coefficient (Wildman–Crippen LogP) is 4.04. The van der Waals surface area contributed by atoms with Crippen LogP contribution in [0, 0.1) is 17.1 Å². The zero-order valence-corrected chi connectivity index (χ0v) is 13.0.